The number of aromatic nitrogens is 3. The van der Waals surface area contributed by atoms with Crippen LogP contribution in [0.25, 0.3) is 11.2 Å². The molecule has 4 heteroatoms. The lowest BCUT2D eigenvalue weighted by atomic mass is 10.1. The van der Waals surface area contributed by atoms with Gasteiger partial charge in [-0.2, -0.15) is 0 Å². The maximum Gasteiger partial charge on any atom is 0.160 e. The van der Waals surface area contributed by atoms with Crippen molar-refractivity contribution in [1.29, 1.82) is 0 Å². The van der Waals surface area contributed by atoms with E-state index in [0.29, 0.717) is 6.04 Å². The van der Waals surface area contributed by atoms with E-state index < -0.39 is 0 Å². The van der Waals surface area contributed by atoms with E-state index in [4.69, 9.17) is 4.98 Å². The maximum atomic E-state index is 4.88. The van der Waals surface area contributed by atoms with Crippen LogP contribution in [0, 0.1) is 6.92 Å². The molecule has 0 amide bonds. The van der Waals surface area contributed by atoms with Crippen LogP contribution in [0.1, 0.15) is 29.4 Å². The van der Waals surface area contributed by atoms with Crippen LogP contribution in [0.2, 0.25) is 0 Å². The molecule has 1 fully saturated rings. The van der Waals surface area contributed by atoms with E-state index in [1.807, 2.05) is 12.3 Å². The van der Waals surface area contributed by atoms with E-state index in [1.54, 1.807) is 0 Å². The highest BCUT2D eigenvalue weighted by Crippen LogP contribution is 2.27. The van der Waals surface area contributed by atoms with Crippen molar-refractivity contribution in [3.8, 4) is 0 Å². The zero-order valence-electron chi connectivity index (χ0n) is 13.7. The van der Waals surface area contributed by atoms with Gasteiger partial charge in [-0.25, -0.2) is 9.97 Å². The molecule has 0 N–H and O–H groups in total. The van der Waals surface area contributed by atoms with Crippen LogP contribution in [0.3, 0.4) is 0 Å². The lowest BCUT2D eigenvalue weighted by Crippen LogP contribution is -2.18. The lowest BCUT2D eigenvalue weighted by molar-refractivity contribution is 0.392. The number of aryl methyl sites for hydroxylation is 1. The predicted molar refractivity (Wildman–Crippen MR) is 92.7 cm³/mol. The van der Waals surface area contributed by atoms with Crippen LogP contribution in [-0.4, -0.2) is 39.6 Å². The van der Waals surface area contributed by atoms with Gasteiger partial charge < -0.3 is 9.47 Å². The fourth-order valence-corrected chi connectivity index (χ4v) is 3.50. The molecule has 0 spiro atoms. The Balaban J connectivity index is 1.77. The van der Waals surface area contributed by atoms with Gasteiger partial charge in [-0.1, -0.05) is 29.8 Å². The molecule has 1 atom stereocenters. The summed E-state index contributed by atoms with van der Waals surface area (Å²) < 4.78 is 2.37. The smallest absolute Gasteiger partial charge is 0.160 e. The molecular weight excluding hydrogens is 284 g/mol. The zero-order valence-corrected chi connectivity index (χ0v) is 13.7. The second-order valence-electron chi connectivity index (χ2n) is 6.61. The fourth-order valence-electron chi connectivity index (χ4n) is 3.50. The highest BCUT2D eigenvalue weighted by atomic mass is 15.2. The zero-order chi connectivity index (χ0) is 15.8. The lowest BCUT2D eigenvalue weighted by Gasteiger charge is -2.16. The van der Waals surface area contributed by atoms with Gasteiger partial charge in [-0.05, 0) is 44.6 Å². The molecule has 1 aliphatic heterocycles. The Bertz CT molecular complexity index is 819. The Labute approximate surface area is 136 Å². The molecule has 1 aromatic carbocycles. The van der Waals surface area contributed by atoms with Crippen LogP contribution in [0.15, 0.2) is 42.6 Å². The molecule has 2 aromatic heterocycles. The van der Waals surface area contributed by atoms with Gasteiger partial charge in [0.15, 0.2) is 5.65 Å². The van der Waals surface area contributed by atoms with E-state index in [9.17, 15) is 0 Å². The number of benzene rings is 1. The first-order valence-corrected chi connectivity index (χ1v) is 8.26. The van der Waals surface area contributed by atoms with Crippen molar-refractivity contribution in [3.63, 3.8) is 0 Å². The van der Waals surface area contributed by atoms with Gasteiger partial charge in [-0.15, -0.1) is 0 Å². The van der Waals surface area contributed by atoms with E-state index >= 15 is 0 Å². The monoisotopic (exact) mass is 306 g/mol. The standard InChI is InChI=1S/C19H22N4/c1-14-5-7-15(8-6-14)12-18-21-17-4-3-10-20-19(17)23(18)16-9-11-22(2)13-16/h3-8,10,16H,9,11-13H2,1-2H3. The number of hydrogen-bond acceptors (Lipinski definition) is 3. The van der Waals surface area contributed by atoms with Gasteiger partial charge in [0.2, 0.25) is 0 Å². The summed E-state index contributed by atoms with van der Waals surface area (Å²) in [5.74, 6) is 1.13. The average molecular weight is 306 g/mol. The van der Waals surface area contributed by atoms with Crippen molar-refractivity contribution >= 4 is 11.2 Å². The van der Waals surface area contributed by atoms with Gasteiger partial charge in [-0.3, -0.25) is 0 Å². The van der Waals surface area contributed by atoms with Crippen molar-refractivity contribution in [2.24, 2.45) is 0 Å². The van der Waals surface area contributed by atoms with E-state index in [1.165, 1.54) is 17.5 Å². The molecule has 0 bridgehead atoms. The third-order valence-electron chi connectivity index (χ3n) is 4.74. The van der Waals surface area contributed by atoms with Crippen LogP contribution >= 0.6 is 0 Å². The quantitative estimate of drug-likeness (QED) is 0.745. The number of imidazole rings is 1. The summed E-state index contributed by atoms with van der Waals surface area (Å²) in [5, 5.41) is 0. The highest BCUT2D eigenvalue weighted by Gasteiger charge is 2.25. The van der Waals surface area contributed by atoms with E-state index in [2.05, 4.69) is 58.8 Å². The van der Waals surface area contributed by atoms with Gasteiger partial charge >= 0.3 is 0 Å². The molecule has 0 aliphatic carbocycles. The molecule has 23 heavy (non-hydrogen) atoms. The first-order valence-electron chi connectivity index (χ1n) is 8.26. The van der Waals surface area contributed by atoms with Crippen molar-refractivity contribution in [2.75, 3.05) is 20.1 Å². The third-order valence-corrected chi connectivity index (χ3v) is 4.74. The predicted octanol–water partition coefficient (Wildman–Crippen LogP) is 3.21. The van der Waals surface area contributed by atoms with Crippen LogP contribution < -0.4 is 0 Å². The number of fused-ring (bicyclic) bond motifs is 1. The molecule has 1 unspecified atom stereocenters. The molecule has 3 aromatic rings. The Morgan fingerprint density at radius 3 is 2.74 bits per heavy atom. The molecule has 0 radical (unpaired) electrons. The van der Waals surface area contributed by atoms with Gasteiger partial charge in [0.05, 0.1) is 6.04 Å². The number of rotatable bonds is 3. The first-order chi connectivity index (χ1) is 11.2. The SMILES string of the molecule is Cc1ccc(Cc2nc3cccnc3n2C2CCN(C)C2)cc1. The first kappa shape index (κ1) is 14.4. The molecule has 0 saturated carbocycles. The van der Waals surface area contributed by atoms with Crippen molar-refractivity contribution in [3.05, 3.63) is 59.5 Å². The third kappa shape index (κ3) is 2.75. The number of likely N-dealkylation sites (tertiary alicyclic amines) is 1. The van der Waals surface area contributed by atoms with Crippen LogP contribution in [0.5, 0.6) is 0 Å². The summed E-state index contributed by atoms with van der Waals surface area (Å²) in [6, 6.07) is 13.3. The summed E-state index contributed by atoms with van der Waals surface area (Å²) in [5.41, 5.74) is 4.62. The Hall–Kier alpha value is -2.20. The Morgan fingerprint density at radius 2 is 2.00 bits per heavy atom. The van der Waals surface area contributed by atoms with Gasteiger partial charge in [0, 0.05) is 19.2 Å². The van der Waals surface area contributed by atoms with Crippen LogP contribution in [0.4, 0.5) is 0 Å². The molecule has 1 aliphatic rings. The second kappa shape index (κ2) is 5.78. The van der Waals surface area contributed by atoms with E-state index in [0.717, 1.165) is 36.5 Å². The number of hydrogen-bond donors (Lipinski definition) is 0. The summed E-state index contributed by atoms with van der Waals surface area (Å²) >= 11 is 0. The average Bonchev–Trinajstić information content (AvgIpc) is 3.12. The molecule has 3 heterocycles. The molecule has 118 valence electrons. The molecule has 4 rings (SSSR count). The molecule has 1 saturated heterocycles. The maximum absolute atomic E-state index is 4.88. The second-order valence-corrected chi connectivity index (χ2v) is 6.61. The highest BCUT2D eigenvalue weighted by molar-refractivity contribution is 5.71. The summed E-state index contributed by atoms with van der Waals surface area (Å²) in [7, 11) is 2.19. The van der Waals surface area contributed by atoms with Crippen molar-refractivity contribution < 1.29 is 0 Å². The summed E-state index contributed by atoms with van der Waals surface area (Å²) in [6.07, 6.45) is 3.89. The van der Waals surface area contributed by atoms with Crippen molar-refractivity contribution in [2.45, 2.75) is 25.8 Å². The topological polar surface area (TPSA) is 34.0 Å². The van der Waals surface area contributed by atoms with Crippen molar-refractivity contribution in [1.82, 2.24) is 19.4 Å². The number of likely N-dealkylation sites (N-methyl/N-ethyl adjacent to an activating group) is 1. The number of pyridine rings is 1. The normalized spacial score (nSPS) is 18.8. The number of nitrogens with zero attached hydrogens (tertiary/aromatic N) is 4. The largest absolute Gasteiger partial charge is 0.308 e. The summed E-state index contributed by atoms with van der Waals surface area (Å²) in [4.78, 5) is 11.9. The molecule has 4 nitrogen and oxygen atoms in total. The minimum atomic E-state index is 0.473. The van der Waals surface area contributed by atoms with Crippen LogP contribution in [-0.2, 0) is 6.42 Å². The summed E-state index contributed by atoms with van der Waals surface area (Å²) in [6.45, 7) is 4.33. The minimum absolute atomic E-state index is 0.473. The minimum Gasteiger partial charge on any atom is -0.308 e. The fraction of sp³-hybridized carbons (Fsp3) is 0.368. The Morgan fingerprint density at radius 1 is 1.17 bits per heavy atom. The van der Waals surface area contributed by atoms with Gasteiger partial charge in [0.1, 0.15) is 11.3 Å². The van der Waals surface area contributed by atoms with E-state index in [-0.39, 0.29) is 0 Å². The Kier molecular flexibility index (Phi) is 3.62. The molecular formula is C19H22N4. The van der Waals surface area contributed by atoms with Gasteiger partial charge in [0.25, 0.3) is 0 Å².